The molecule has 55 heavy (non-hydrogen) atoms. The van der Waals surface area contributed by atoms with Crippen LogP contribution in [0.25, 0.3) is 62.0 Å². The summed E-state index contributed by atoms with van der Waals surface area (Å²) in [6.45, 7) is 0. The molecule has 0 amide bonds. The van der Waals surface area contributed by atoms with E-state index in [1.54, 1.807) is 0 Å². The van der Waals surface area contributed by atoms with E-state index in [1.807, 2.05) is 60.7 Å². The predicted octanol–water partition coefficient (Wildman–Crippen LogP) is 11.3. The number of fused-ring (bicyclic) bond motifs is 6. The summed E-state index contributed by atoms with van der Waals surface area (Å²) >= 11 is 0. The molecule has 4 aliphatic rings. The van der Waals surface area contributed by atoms with Gasteiger partial charge in [0.1, 0.15) is 5.75 Å². The highest BCUT2D eigenvalue weighted by molar-refractivity contribution is 5.94. The summed E-state index contributed by atoms with van der Waals surface area (Å²) in [5.41, 5.74) is 13.7. The van der Waals surface area contributed by atoms with Gasteiger partial charge >= 0.3 is 0 Å². The number of ether oxygens (including phenoxy) is 1. The number of allylic oxidation sites excluding steroid dienone is 4. The zero-order valence-electron chi connectivity index (χ0n) is 29.8. The first-order valence-corrected chi connectivity index (χ1v) is 18.8. The Hall–Kier alpha value is -7.11. The zero-order chi connectivity index (χ0) is 36.3. The van der Waals surface area contributed by atoms with Crippen molar-refractivity contribution >= 4 is 11.3 Å². The van der Waals surface area contributed by atoms with Crippen LogP contribution in [-0.2, 0) is 0 Å². The summed E-state index contributed by atoms with van der Waals surface area (Å²) in [6, 6.07) is 52.8. The summed E-state index contributed by atoms with van der Waals surface area (Å²) in [4.78, 5) is 17.3. The van der Waals surface area contributed by atoms with E-state index in [0.717, 1.165) is 39.1 Å². The zero-order valence-corrected chi connectivity index (χ0v) is 29.8. The Labute approximate surface area is 320 Å². The van der Waals surface area contributed by atoms with Gasteiger partial charge in [0.15, 0.2) is 23.6 Å². The summed E-state index contributed by atoms with van der Waals surface area (Å²) in [7, 11) is 0. The highest BCUT2D eigenvalue weighted by atomic mass is 16.5. The average Bonchev–Trinajstić information content (AvgIpc) is 3.95. The third kappa shape index (κ3) is 5.19. The predicted molar refractivity (Wildman–Crippen MR) is 221 cm³/mol. The molecule has 3 unspecified atom stereocenters. The summed E-state index contributed by atoms with van der Waals surface area (Å²) in [5.74, 6) is 3.10. The molecule has 0 fully saturated rings. The smallest absolute Gasteiger partial charge is 0.164 e. The van der Waals surface area contributed by atoms with Crippen LogP contribution in [0.5, 0.6) is 5.75 Å². The molecule has 3 heterocycles. The first-order chi connectivity index (χ1) is 27.3. The Morgan fingerprint density at radius 1 is 0.473 bits per heavy atom. The first-order valence-electron chi connectivity index (χ1n) is 18.8. The van der Waals surface area contributed by atoms with E-state index < -0.39 is 0 Å². The van der Waals surface area contributed by atoms with Gasteiger partial charge in [-0.2, -0.15) is 0 Å². The molecule has 0 bridgehead atoms. The highest BCUT2D eigenvalue weighted by Gasteiger charge is 2.46. The van der Waals surface area contributed by atoms with Crippen LogP contribution in [0, 0.1) is 0 Å². The molecular formula is C50H34N4O. The van der Waals surface area contributed by atoms with Gasteiger partial charge in [-0.15, -0.1) is 0 Å². The lowest BCUT2D eigenvalue weighted by atomic mass is 9.86. The quantitative estimate of drug-likeness (QED) is 0.172. The second-order valence-corrected chi connectivity index (χ2v) is 14.3. The van der Waals surface area contributed by atoms with Gasteiger partial charge in [0.05, 0.1) is 11.7 Å². The SMILES string of the molecule is C1=CC2c3c(-c4ccccc4)cccc3N(C3=CC=C4c5c(cccc5-c5ccc(-c6nc(-c7ccccc7)nc(-c7ccccc7)n6)cc5)OC43)C2C=C1. The van der Waals surface area contributed by atoms with Crippen LogP contribution < -0.4 is 9.64 Å². The van der Waals surface area contributed by atoms with Gasteiger partial charge in [-0.25, -0.2) is 15.0 Å². The minimum atomic E-state index is -0.195. The van der Waals surface area contributed by atoms with Crippen LogP contribution in [0.1, 0.15) is 17.0 Å². The van der Waals surface area contributed by atoms with Crippen molar-refractivity contribution in [3.05, 3.63) is 205 Å². The molecule has 0 spiro atoms. The van der Waals surface area contributed by atoms with Gasteiger partial charge in [0.2, 0.25) is 0 Å². The molecule has 0 saturated carbocycles. The topological polar surface area (TPSA) is 51.1 Å². The normalized spacial score (nSPS) is 18.5. The van der Waals surface area contributed by atoms with Crippen molar-refractivity contribution < 1.29 is 4.74 Å². The fraction of sp³-hybridized carbons (Fsp3) is 0.0600. The lowest BCUT2D eigenvalue weighted by molar-refractivity contribution is 0.307. The second kappa shape index (κ2) is 12.8. The molecule has 6 aromatic carbocycles. The van der Waals surface area contributed by atoms with Gasteiger partial charge in [-0.1, -0.05) is 170 Å². The third-order valence-corrected chi connectivity index (χ3v) is 11.1. The molecule has 5 heteroatoms. The van der Waals surface area contributed by atoms with Gasteiger partial charge in [-0.05, 0) is 46.0 Å². The van der Waals surface area contributed by atoms with Crippen LogP contribution in [-0.4, -0.2) is 27.1 Å². The molecule has 0 saturated heterocycles. The van der Waals surface area contributed by atoms with Crippen LogP contribution in [0.4, 0.5) is 5.69 Å². The summed E-state index contributed by atoms with van der Waals surface area (Å²) < 4.78 is 6.88. The maximum atomic E-state index is 6.88. The van der Waals surface area contributed by atoms with Crippen LogP contribution in [0.2, 0.25) is 0 Å². The van der Waals surface area contributed by atoms with Crippen LogP contribution >= 0.6 is 0 Å². The molecule has 5 nitrogen and oxygen atoms in total. The van der Waals surface area contributed by atoms with Gasteiger partial charge in [0, 0.05) is 39.4 Å². The summed E-state index contributed by atoms with van der Waals surface area (Å²) in [6.07, 6.45) is 13.4. The van der Waals surface area contributed by atoms with E-state index >= 15 is 0 Å². The largest absolute Gasteiger partial charge is 0.479 e. The lowest BCUT2D eigenvalue weighted by Gasteiger charge is -2.32. The molecule has 0 N–H and O–H groups in total. The summed E-state index contributed by atoms with van der Waals surface area (Å²) in [5, 5.41) is 0. The lowest BCUT2D eigenvalue weighted by Crippen LogP contribution is -2.37. The second-order valence-electron chi connectivity index (χ2n) is 14.3. The monoisotopic (exact) mass is 706 g/mol. The first kappa shape index (κ1) is 31.4. The maximum absolute atomic E-state index is 6.88. The van der Waals surface area contributed by atoms with E-state index in [9.17, 15) is 0 Å². The fourth-order valence-electron chi connectivity index (χ4n) is 8.65. The molecule has 7 aromatic rings. The van der Waals surface area contributed by atoms with E-state index in [4.69, 9.17) is 19.7 Å². The van der Waals surface area contributed by atoms with Gasteiger partial charge in [-0.3, -0.25) is 0 Å². The maximum Gasteiger partial charge on any atom is 0.164 e. The minimum absolute atomic E-state index is 0.170. The average molecular weight is 707 g/mol. The van der Waals surface area contributed by atoms with Crippen LogP contribution in [0.15, 0.2) is 194 Å². The number of hydrogen-bond acceptors (Lipinski definition) is 5. The molecule has 3 atom stereocenters. The molecular weight excluding hydrogens is 673 g/mol. The van der Waals surface area contributed by atoms with E-state index in [0.29, 0.717) is 17.5 Å². The van der Waals surface area contributed by atoms with Crippen LogP contribution in [0.3, 0.4) is 0 Å². The molecule has 2 aliphatic carbocycles. The molecule has 0 radical (unpaired) electrons. The molecule has 1 aromatic heterocycles. The fourth-order valence-corrected chi connectivity index (χ4v) is 8.65. The van der Waals surface area contributed by atoms with Gasteiger partial charge < -0.3 is 9.64 Å². The molecule has 260 valence electrons. The van der Waals surface area contributed by atoms with Crippen molar-refractivity contribution in [3.63, 3.8) is 0 Å². The number of nitrogens with zero attached hydrogens (tertiary/aromatic N) is 4. The minimum Gasteiger partial charge on any atom is -0.479 e. The third-order valence-electron chi connectivity index (χ3n) is 11.1. The van der Waals surface area contributed by atoms with Crippen molar-refractivity contribution in [2.75, 3.05) is 4.90 Å². The Bertz CT molecular complexity index is 2680. The Balaban J connectivity index is 0.930. The van der Waals surface area contributed by atoms with Gasteiger partial charge in [0.25, 0.3) is 0 Å². The van der Waals surface area contributed by atoms with Crippen molar-refractivity contribution in [2.24, 2.45) is 0 Å². The molecule has 11 rings (SSSR count). The van der Waals surface area contributed by atoms with Crippen molar-refractivity contribution in [2.45, 2.75) is 18.1 Å². The number of rotatable bonds is 6. The highest BCUT2D eigenvalue weighted by Crippen LogP contribution is 2.54. The van der Waals surface area contributed by atoms with E-state index in [2.05, 4.69) is 132 Å². The van der Waals surface area contributed by atoms with E-state index in [1.165, 1.54) is 33.6 Å². The Kier molecular flexibility index (Phi) is 7.30. The Morgan fingerprint density at radius 2 is 1.02 bits per heavy atom. The number of aromatic nitrogens is 3. The van der Waals surface area contributed by atoms with Crippen molar-refractivity contribution in [1.29, 1.82) is 0 Å². The molecule has 2 aliphatic heterocycles. The number of anilines is 1. The number of benzene rings is 6. The standard InChI is InChI=1S/C50H34N4O/c1-4-14-32(15-5-1)37-21-12-24-42-45(37)39-20-10-11-23-41(39)54(42)43-31-30-40-46-38(22-13-25-44(46)55-47(40)43)33-26-28-36(29-27-33)50-52-48(34-16-6-2-7-17-34)51-49(53-50)35-18-8-3-9-19-35/h1-31,39,41,47H. The Morgan fingerprint density at radius 3 is 1.69 bits per heavy atom. The van der Waals surface area contributed by atoms with Crippen molar-refractivity contribution in [1.82, 2.24) is 15.0 Å². The number of hydrogen-bond donors (Lipinski definition) is 0. The van der Waals surface area contributed by atoms with Crippen molar-refractivity contribution in [3.8, 4) is 62.2 Å². The van der Waals surface area contributed by atoms with E-state index in [-0.39, 0.29) is 18.1 Å².